The van der Waals surface area contributed by atoms with Crippen LogP contribution in [0.25, 0.3) is 0 Å². The normalized spacial score (nSPS) is 19.4. The molecule has 37 heavy (non-hydrogen) atoms. The number of carbonyl (C=O) groups excluding carboxylic acids is 2. The maximum absolute atomic E-state index is 12.4. The van der Waals surface area contributed by atoms with Gasteiger partial charge in [-0.15, -0.1) is 0 Å². The number of fused-ring (bicyclic) bond motifs is 1. The Morgan fingerprint density at radius 3 is 2.49 bits per heavy atom. The van der Waals surface area contributed by atoms with Crippen LogP contribution in [0.15, 0.2) is 48.5 Å². The summed E-state index contributed by atoms with van der Waals surface area (Å²) < 4.78 is 10.5. The number of rotatable bonds is 10. The van der Waals surface area contributed by atoms with E-state index < -0.39 is 0 Å². The van der Waals surface area contributed by atoms with Crippen LogP contribution >= 0.6 is 0 Å². The fraction of sp³-hybridized carbons (Fsp3) is 0.533. The highest BCUT2D eigenvalue weighted by Gasteiger charge is 2.30. The molecule has 7 heteroatoms. The molecule has 2 aromatic carbocycles. The van der Waals surface area contributed by atoms with Gasteiger partial charge in [-0.25, -0.2) is 4.79 Å². The molecule has 1 heterocycles. The number of piperazine rings is 1. The SMILES string of the molecule is CCOC(=O)CCN1CCN(c2ccc3c(c2)[C@H](C)C[C@H]3CCN(C)C(=O)OCc2ccccc2)CC1. The van der Waals surface area contributed by atoms with Crippen molar-refractivity contribution in [2.75, 3.05) is 57.8 Å². The molecule has 0 saturated carbocycles. The van der Waals surface area contributed by atoms with Gasteiger partial charge in [-0.2, -0.15) is 0 Å². The summed E-state index contributed by atoms with van der Waals surface area (Å²) >= 11 is 0. The van der Waals surface area contributed by atoms with Crippen molar-refractivity contribution in [2.45, 2.75) is 51.6 Å². The zero-order valence-corrected chi connectivity index (χ0v) is 22.5. The van der Waals surface area contributed by atoms with E-state index in [1.165, 1.54) is 16.8 Å². The first-order chi connectivity index (χ1) is 17.9. The number of esters is 1. The molecule has 1 aliphatic heterocycles. The predicted molar refractivity (Wildman–Crippen MR) is 146 cm³/mol. The predicted octanol–water partition coefficient (Wildman–Crippen LogP) is 5.01. The largest absolute Gasteiger partial charge is 0.466 e. The standard InChI is InChI=1S/C30H41N3O4/c1-4-36-29(34)13-15-32-16-18-33(19-17-32)26-10-11-27-25(20-23(2)28(27)21-26)12-14-31(3)30(35)37-22-24-8-6-5-7-9-24/h5-11,21,23,25H,4,12-20,22H2,1-3H3/t23-,25-/m1/s1. The van der Waals surface area contributed by atoms with Gasteiger partial charge in [-0.05, 0) is 60.4 Å². The van der Waals surface area contributed by atoms with Crippen LogP contribution in [-0.2, 0) is 20.9 Å². The first-order valence-corrected chi connectivity index (χ1v) is 13.6. The van der Waals surface area contributed by atoms with Crippen LogP contribution in [-0.4, -0.2) is 74.8 Å². The van der Waals surface area contributed by atoms with Gasteiger partial charge in [0.05, 0.1) is 13.0 Å². The summed E-state index contributed by atoms with van der Waals surface area (Å²) in [5.41, 5.74) is 5.16. The van der Waals surface area contributed by atoms with Crippen molar-refractivity contribution in [3.63, 3.8) is 0 Å². The van der Waals surface area contributed by atoms with Crippen molar-refractivity contribution in [2.24, 2.45) is 0 Å². The average molecular weight is 508 g/mol. The van der Waals surface area contributed by atoms with Gasteiger partial charge in [0, 0.05) is 52.0 Å². The van der Waals surface area contributed by atoms with E-state index in [4.69, 9.17) is 9.47 Å². The summed E-state index contributed by atoms with van der Waals surface area (Å²) in [6, 6.07) is 16.7. The lowest BCUT2D eigenvalue weighted by Gasteiger charge is -2.36. The Labute approximate surface area is 221 Å². The highest BCUT2D eigenvalue weighted by atomic mass is 16.6. The molecular weight excluding hydrogens is 466 g/mol. The van der Waals surface area contributed by atoms with Crippen molar-refractivity contribution in [3.8, 4) is 0 Å². The third-order valence-electron chi connectivity index (χ3n) is 7.68. The molecule has 0 N–H and O–H groups in total. The lowest BCUT2D eigenvalue weighted by Crippen LogP contribution is -2.47. The Morgan fingerprint density at radius 2 is 1.76 bits per heavy atom. The van der Waals surface area contributed by atoms with E-state index in [-0.39, 0.29) is 12.1 Å². The van der Waals surface area contributed by atoms with Crippen LogP contribution in [0, 0.1) is 0 Å². The molecular formula is C30H41N3O4. The number of anilines is 1. The smallest absolute Gasteiger partial charge is 0.409 e. The van der Waals surface area contributed by atoms with Gasteiger partial charge >= 0.3 is 12.1 Å². The molecule has 7 nitrogen and oxygen atoms in total. The maximum Gasteiger partial charge on any atom is 0.409 e. The fourth-order valence-electron chi connectivity index (χ4n) is 5.49. The Hall–Kier alpha value is -3.06. The molecule has 4 rings (SSSR count). The number of ether oxygens (including phenoxy) is 2. The summed E-state index contributed by atoms with van der Waals surface area (Å²) in [6.45, 7) is 10.2. The summed E-state index contributed by atoms with van der Waals surface area (Å²) in [5, 5.41) is 0. The number of hydrogen-bond acceptors (Lipinski definition) is 6. The zero-order chi connectivity index (χ0) is 26.2. The van der Waals surface area contributed by atoms with E-state index in [0.29, 0.717) is 38.0 Å². The summed E-state index contributed by atoms with van der Waals surface area (Å²) in [4.78, 5) is 30.6. The topological polar surface area (TPSA) is 62.3 Å². The molecule has 0 spiro atoms. The molecule has 2 atom stereocenters. The Bertz CT molecular complexity index is 1040. The lowest BCUT2D eigenvalue weighted by atomic mass is 9.97. The van der Waals surface area contributed by atoms with E-state index in [0.717, 1.165) is 51.1 Å². The summed E-state index contributed by atoms with van der Waals surface area (Å²) in [5.74, 6) is 0.867. The molecule has 200 valence electrons. The van der Waals surface area contributed by atoms with Crippen LogP contribution in [0.4, 0.5) is 10.5 Å². The number of benzene rings is 2. The second kappa shape index (κ2) is 13.0. The molecule has 1 fully saturated rings. The molecule has 0 bridgehead atoms. The first-order valence-electron chi connectivity index (χ1n) is 13.6. The van der Waals surface area contributed by atoms with Crippen LogP contribution in [0.5, 0.6) is 0 Å². The summed E-state index contributed by atoms with van der Waals surface area (Å²) in [6.07, 6.45) is 2.25. The number of nitrogens with zero attached hydrogens (tertiary/aromatic N) is 3. The fourth-order valence-corrected chi connectivity index (χ4v) is 5.49. The van der Waals surface area contributed by atoms with Gasteiger partial charge in [-0.3, -0.25) is 9.69 Å². The van der Waals surface area contributed by atoms with E-state index in [2.05, 4.69) is 34.9 Å². The average Bonchev–Trinajstić information content (AvgIpc) is 3.24. The quantitative estimate of drug-likeness (QED) is 0.421. The van der Waals surface area contributed by atoms with Gasteiger partial charge in [-0.1, -0.05) is 43.3 Å². The first kappa shape index (κ1) is 27.0. The Kier molecular flexibility index (Phi) is 9.45. The van der Waals surface area contributed by atoms with Crippen molar-refractivity contribution in [1.82, 2.24) is 9.80 Å². The molecule has 2 aliphatic rings. The van der Waals surface area contributed by atoms with Gasteiger partial charge in [0.15, 0.2) is 0 Å². The minimum atomic E-state index is -0.271. The van der Waals surface area contributed by atoms with Crippen LogP contribution in [0.3, 0.4) is 0 Å². The molecule has 0 unspecified atom stereocenters. The number of amides is 1. The van der Waals surface area contributed by atoms with Gasteiger partial charge in [0.1, 0.15) is 6.61 Å². The minimum Gasteiger partial charge on any atom is -0.466 e. The second-order valence-electron chi connectivity index (χ2n) is 10.3. The van der Waals surface area contributed by atoms with Gasteiger partial charge < -0.3 is 19.3 Å². The second-order valence-corrected chi connectivity index (χ2v) is 10.3. The van der Waals surface area contributed by atoms with Crippen molar-refractivity contribution >= 4 is 17.7 Å². The molecule has 1 amide bonds. The summed E-state index contributed by atoms with van der Waals surface area (Å²) in [7, 11) is 1.82. The zero-order valence-electron chi connectivity index (χ0n) is 22.5. The van der Waals surface area contributed by atoms with Crippen LogP contribution in [0.1, 0.15) is 61.6 Å². The van der Waals surface area contributed by atoms with Crippen molar-refractivity contribution in [1.29, 1.82) is 0 Å². The molecule has 0 aromatic heterocycles. The van der Waals surface area contributed by atoms with Crippen LogP contribution < -0.4 is 4.90 Å². The van der Waals surface area contributed by atoms with Crippen LogP contribution in [0.2, 0.25) is 0 Å². The van der Waals surface area contributed by atoms with Gasteiger partial charge in [0.25, 0.3) is 0 Å². The Balaban J connectivity index is 1.25. The van der Waals surface area contributed by atoms with E-state index >= 15 is 0 Å². The molecule has 0 radical (unpaired) electrons. The highest BCUT2D eigenvalue weighted by molar-refractivity contribution is 5.69. The van der Waals surface area contributed by atoms with E-state index in [1.807, 2.05) is 44.3 Å². The monoisotopic (exact) mass is 507 g/mol. The highest BCUT2D eigenvalue weighted by Crippen LogP contribution is 2.44. The molecule has 1 aliphatic carbocycles. The number of carbonyl (C=O) groups is 2. The van der Waals surface area contributed by atoms with Gasteiger partial charge in [0.2, 0.25) is 0 Å². The lowest BCUT2D eigenvalue weighted by molar-refractivity contribution is -0.143. The molecule has 1 saturated heterocycles. The van der Waals surface area contributed by atoms with Crippen molar-refractivity contribution < 1.29 is 19.1 Å². The van der Waals surface area contributed by atoms with E-state index in [1.54, 1.807) is 4.90 Å². The number of hydrogen-bond donors (Lipinski definition) is 0. The van der Waals surface area contributed by atoms with E-state index in [9.17, 15) is 9.59 Å². The third kappa shape index (κ3) is 7.25. The minimum absolute atomic E-state index is 0.109. The Morgan fingerprint density at radius 1 is 1.00 bits per heavy atom. The molecule has 2 aromatic rings. The maximum atomic E-state index is 12.4. The van der Waals surface area contributed by atoms with Crippen molar-refractivity contribution in [3.05, 3.63) is 65.2 Å². The third-order valence-corrected chi connectivity index (χ3v) is 7.68.